The van der Waals surface area contributed by atoms with Crippen LogP contribution in [0.3, 0.4) is 0 Å². The fraction of sp³-hybridized carbons (Fsp3) is 0.522. The predicted octanol–water partition coefficient (Wildman–Crippen LogP) is 4.16. The van der Waals surface area contributed by atoms with Crippen molar-refractivity contribution in [2.75, 3.05) is 13.6 Å². The number of ketones is 1. The minimum absolute atomic E-state index is 0.0459. The maximum Gasteiger partial charge on any atom is 0.229 e. The Morgan fingerprint density at radius 3 is 2.75 bits per heavy atom. The van der Waals surface area contributed by atoms with E-state index < -0.39 is 5.41 Å². The molecule has 3 rings (SSSR count). The number of allylic oxidation sites excluding steroid dienone is 2. The largest absolute Gasteiger partial charge is 0.345 e. The van der Waals surface area contributed by atoms with Crippen LogP contribution in [0.25, 0.3) is 0 Å². The first-order valence-corrected chi connectivity index (χ1v) is 9.77. The molecule has 28 heavy (non-hydrogen) atoms. The van der Waals surface area contributed by atoms with Crippen LogP contribution >= 0.6 is 0 Å². The highest BCUT2D eigenvalue weighted by Crippen LogP contribution is 2.44. The minimum atomic E-state index is -0.578. The molecule has 0 heterocycles. The molecule has 148 valence electrons. The molecule has 0 N–H and O–H groups in total. The summed E-state index contributed by atoms with van der Waals surface area (Å²) in [6.45, 7) is 6.34. The van der Waals surface area contributed by atoms with Crippen LogP contribution in [0.4, 0.5) is 4.39 Å². The molecule has 2 aliphatic rings. The molecule has 4 nitrogen and oxygen atoms in total. The standard InChI is InChI=1S/C23H27FN2O2/c1-22(2)14-23(3,12-16(13-25)20(22)27)9-10-26(4)21(28)19-7-5-15-11-17(24)6-8-18(15)19/h6,8,11-12,19H,5,7,9-10,14H2,1-4H3/t19?,23-/m1/s1. The summed E-state index contributed by atoms with van der Waals surface area (Å²) in [5.41, 5.74) is 1.19. The van der Waals surface area contributed by atoms with Crippen molar-refractivity contribution < 1.29 is 14.0 Å². The lowest BCUT2D eigenvalue weighted by Gasteiger charge is -2.39. The third kappa shape index (κ3) is 3.73. The number of likely N-dealkylation sites (N-methyl/N-ethyl adjacent to an activating group) is 1. The molecule has 0 fully saturated rings. The summed E-state index contributed by atoms with van der Waals surface area (Å²) in [4.78, 5) is 27.1. The van der Waals surface area contributed by atoms with Crippen molar-refractivity contribution in [3.8, 4) is 6.07 Å². The van der Waals surface area contributed by atoms with Gasteiger partial charge in [-0.3, -0.25) is 9.59 Å². The van der Waals surface area contributed by atoms with Gasteiger partial charge in [-0.2, -0.15) is 5.26 Å². The monoisotopic (exact) mass is 382 g/mol. The van der Waals surface area contributed by atoms with Crippen molar-refractivity contribution >= 4 is 11.7 Å². The van der Waals surface area contributed by atoms with Crippen LogP contribution < -0.4 is 0 Å². The zero-order valence-corrected chi connectivity index (χ0v) is 17.0. The molecule has 0 radical (unpaired) electrons. The van der Waals surface area contributed by atoms with Crippen molar-refractivity contribution in [1.29, 1.82) is 5.26 Å². The van der Waals surface area contributed by atoms with Crippen molar-refractivity contribution in [3.05, 3.63) is 46.8 Å². The molecule has 0 aromatic heterocycles. The van der Waals surface area contributed by atoms with Crippen LogP contribution in [0.5, 0.6) is 0 Å². The number of amides is 1. The lowest BCUT2D eigenvalue weighted by molar-refractivity contribution is -0.132. The van der Waals surface area contributed by atoms with Crippen LogP contribution in [-0.2, 0) is 16.0 Å². The Labute approximate surface area is 166 Å². The second kappa shape index (κ2) is 7.16. The summed E-state index contributed by atoms with van der Waals surface area (Å²) in [5.74, 6) is -0.540. The van der Waals surface area contributed by atoms with E-state index in [-0.39, 0.29) is 34.4 Å². The van der Waals surface area contributed by atoms with E-state index in [0.717, 1.165) is 17.5 Å². The van der Waals surface area contributed by atoms with E-state index in [1.54, 1.807) is 24.1 Å². The molecule has 0 aliphatic heterocycles. The smallest absolute Gasteiger partial charge is 0.229 e. The summed E-state index contributed by atoms with van der Waals surface area (Å²) in [7, 11) is 1.79. The number of carbonyl (C=O) groups excluding carboxylic acids is 2. The molecule has 1 aromatic rings. The Hall–Kier alpha value is -2.48. The van der Waals surface area contributed by atoms with E-state index in [9.17, 15) is 19.2 Å². The molecular formula is C23H27FN2O2. The highest BCUT2D eigenvalue weighted by molar-refractivity contribution is 6.03. The first kappa shape index (κ1) is 20.3. The number of hydrogen-bond acceptors (Lipinski definition) is 3. The minimum Gasteiger partial charge on any atom is -0.345 e. The van der Waals surface area contributed by atoms with Gasteiger partial charge in [0.05, 0.1) is 11.5 Å². The number of Topliss-reactive ketones (excluding diaryl/α,β-unsaturated/α-hetero) is 1. The van der Waals surface area contributed by atoms with Crippen LogP contribution in [-0.4, -0.2) is 30.2 Å². The predicted molar refractivity (Wildman–Crippen MR) is 105 cm³/mol. The molecule has 0 saturated heterocycles. The molecule has 2 aliphatic carbocycles. The van der Waals surface area contributed by atoms with Crippen molar-refractivity contribution in [2.45, 2.75) is 52.4 Å². The van der Waals surface area contributed by atoms with Crippen LogP contribution in [0.2, 0.25) is 0 Å². The average molecular weight is 382 g/mol. The quantitative estimate of drug-likeness (QED) is 0.786. The topological polar surface area (TPSA) is 61.2 Å². The lowest BCUT2D eigenvalue weighted by Crippen LogP contribution is -2.40. The molecule has 1 aromatic carbocycles. The van der Waals surface area contributed by atoms with Crippen LogP contribution in [0, 0.1) is 28.0 Å². The van der Waals surface area contributed by atoms with Crippen molar-refractivity contribution in [2.24, 2.45) is 10.8 Å². The van der Waals surface area contributed by atoms with Gasteiger partial charge in [-0.15, -0.1) is 0 Å². The SMILES string of the molecule is CN(CC[C@]1(C)C=C(C#N)C(=O)C(C)(C)C1)C(=O)C1CCc2cc(F)ccc21. The lowest BCUT2D eigenvalue weighted by atomic mass is 9.64. The number of nitriles is 1. The number of hydrogen-bond donors (Lipinski definition) is 0. The van der Waals surface area contributed by atoms with E-state index in [4.69, 9.17) is 0 Å². The van der Waals surface area contributed by atoms with Crippen molar-refractivity contribution in [1.82, 2.24) is 4.90 Å². The molecule has 5 heteroatoms. The van der Waals surface area contributed by atoms with Gasteiger partial charge in [-0.05, 0) is 54.4 Å². The molecular weight excluding hydrogens is 355 g/mol. The highest BCUT2D eigenvalue weighted by Gasteiger charge is 2.42. The second-order valence-corrected chi connectivity index (χ2v) is 9.16. The highest BCUT2D eigenvalue weighted by atomic mass is 19.1. The maximum absolute atomic E-state index is 13.4. The Balaban J connectivity index is 1.70. The van der Waals surface area contributed by atoms with Crippen molar-refractivity contribution in [3.63, 3.8) is 0 Å². The summed E-state index contributed by atoms with van der Waals surface area (Å²) in [6.07, 6.45) is 4.54. The zero-order chi connectivity index (χ0) is 20.7. The molecule has 1 amide bonds. The number of halogens is 1. The summed E-state index contributed by atoms with van der Waals surface area (Å²) in [6, 6.07) is 6.71. The number of aryl methyl sites for hydroxylation is 1. The zero-order valence-electron chi connectivity index (χ0n) is 17.0. The van der Waals surface area contributed by atoms with E-state index >= 15 is 0 Å². The Morgan fingerprint density at radius 1 is 1.36 bits per heavy atom. The number of benzene rings is 1. The summed E-state index contributed by atoms with van der Waals surface area (Å²) < 4.78 is 13.4. The molecule has 0 bridgehead atoms. The Kier molecular flexibility index (Phi) is 5.18. The van der Waals surface area contributed by atoms with Gasteiger partial charge in [0.25, 0.3) is 0 Å². The van der Waals surface area contributed by atoms with Crippen LogP contribution in [0.1, 0.15) is 57.1 Å². The van der Waals surface area contributed by atoms with E-state index in [1.165, 1.54) is 12.1 Å². The number of nitrogens with zero attached hydrogens (tertiary/aromatic N) is 2. The first-order valence-electron chi connectivity index (χ1n) is 9.77. The van der Waals surface area contributed by atoms with Gasteiger partial charge >= 0.3 is 0 Å². The third-order valence-electron chi connectivity index (χ3n) is 6.19. The molecule has 1 unspecified atom stereocenters. The van der Waals surface area contributed by atoms with Gasteiger partial charge in [0.2, 0.25) is 5.91 Å². The fourth-order valence-corrected chi connectivity index (χ4v) is 4.81. The fourth-order valence-electron chi connectivity index (χ4n) is 4.81. The summed E-state index contributed by atoms with van der Waals surface area (Å²) >= 11 is 0. The van der Waals surface area contributed by atoms with Gasteiger partial charge in [-0.1, -0.05) is 32.9 Å². The Bertz CT molecular complexity index is 896. The number of fused-ring (bicyclic) bond motifs is 1. The normalized spacial score (nSPS) is 25.6. The van der Waals surface area contributed by atoms with Gasteiger partial charge < -0.3 is 4.90 Å². The van der Waals surface area contributed by atoms with Gasteiger partial charge in [0, 0.05) is 19.0 Å². The van der Waals surface area contributed by atoms with Gasteiger partial charge in [0.1, 0.15) is 11.9 Å². The molecule has 0 saturated carbocycles. The van der Waals surface area contributed by atoms with E-state index in [0.29, 0.717) is 25.8 Å². The average Bonchev–Trinajstić information content (AvgIpc) is 3.04. The summed E-state index contributed by atoms with van der Waals surface area (Å²) in [5, 5.41) is 9.32. The Morgan fingerprint density at radius 2 is 2.07 bits per heavy atom. The van der Waals surface area contributed by atoms with Crippen LogP contribution in [0.15, 0.2) is 29.8 Å². The second-order valence-electron chi connectivity index (χ2n) is 9.16. The first-order chi connectivity index (χ1) is 13.1. The molecule has 2 atom stereocenters. The number of rotatable bonds is 4. The van der Waals surface area contributed by atoms with E-state index in [2.05, 4.69) is 0 Å². The van der Waals surface area contributed by atoms with Gasteiger partial charge in [0.15, 0.2) is 5.78 Å². The van der Waals surface area contributed by atoms with E-state index in [1.807, 2.05) is 26.8 Å². The third-order valence-corrected chi connectivity index (χ3v) is 6.19. The van der Waals surface area contributed by atoms with Gasteiger partial charge in [-0.25, -0.2) is 4.39 Å². The maximum atomic E-state index is 13.4. The molecule has 0 spiro atoms. The number of carbonyl (C=O) groups is 2.